The number of rotatable bonds is 7. The smallest absolute Gasteiger partial charge is 0.257 e. The summed E-state index contributed by atoms with van der Waals surface area (Å²) in [6, 6.07) is 9.46. The molecule has 232 valence electrons. The maximum absolute atomic E-state index is 16.7. The van der Waals surface area contributed by atoms with Crippen LogP contribution in [0.4, 0.5) is 4.39 Å². The molecule has 9 nitrogen and oxygen atoms in total. The number of halogens is 3. The number of aromatic nitrogens is 2. The normalized spacial score (nSPS) is 25.0. The number of hydrogen-bond acceptors (Lipinski definition) is 7. The van der Waals surface area contributed by atoms with Crippen molar-refractivity contribution >= 4 is 35.0 Å². The van der Waals surface area contributed by atoms with E-state index in [2.05, 4.69) is 9.97 Å². The zero-order chi connectivity index (χ0) is 31.4. The van der Waals surface area contributed by atoms with E-state index in [1.165, 1.54) is 30.3 Å². The Morgan fingerprint density at radius 2 is 1.75 bits per heavy atom. The number of aliphatic hydroxyl groups excluding tert-OH is 1. The van der Waals surface area contributed by atoms with Crippen LogP contribution >= 0.6 is 23.2 Å². The highest BCUT2D eigenvalue weighted by molar-refractivity contribution is 6.30. The summed E-state index contributed by atoms with van der Waals surface area (Å²) in [7, 11) is 0. The second kappa shape index (κ2) is 11.7. The molecule has 2 aromatic carbocycles. The van der Waals surface area contributed by atoms with E-state index in [0.717, 1.165) is 0 Å². The Bertz CT molecular complexity index is 1570. The van der Waals surface area contributed by atoms with Gasteiger partial charge in [-0.05, 0) is 68.4 Å². The van der Waals surface area contributed by atoms with Gasteiger partial charge in [0.25, 0.3) is 5.91 Å². The molecule has 6 rings (SSSR count). The van der Waals surface area contributed by atoms with Gasteiger partial charge in [0, 0.05) is 43.0 Å². The van der Waals surface area contributed by atoms with E-state index in [0.29, 0.717) is 54.4 Å². The molecule has 2 amide bonds. The number of piperidine rings is 1. The molecule has 1 aliphatic carbocycles. The van der Waals surface area contributed by atoms with Crippen molar-refractivity contribution in [1.82, 2.24) is 19.8 Å². The van der Waals surface area contributed by atoms with Gasteiger partial charge in [-0.25, -0.2) is 14.4 Å². The highest BCUT2D eigenvalue weighted by Crippen LogP contribution is 2.51. The van der Waals surface area contributed by atoms with E-state index >= 15 is 4.39 Å². The minimum atomic E-state index is -1.74. The van der Waals surface area contributed by atoms with Crippen LogP contribution in [0.2, 0.25) is 10.0 Å². The maximum atomic E-state index is 16.7. The monoisotopic (exact) mass is 642 g/mol. The number of fused-ring (bicyclic) bond motifs is 1. The van der Waals surface area contributed by atoms with Crippen molar-refractivity contribution < 1.29 is 28.9 Å². The lowest BCUT2D eigenvalue weighted by Gasteiger charge is -2.45. The summed E-state index contributed by atoms with van der Waals surface area (Å²) in [5.41, 5.74) is -2.45. The molecule has 0 bridgehead atoms. The van der Waals surface area contributed by atoms with E-state index in [4.69, 9.17) is 27.9 Å². The van der Waals surface area contributed by atoms with E-state index in [1.807, 2.05) is 0 Å². The first-order chi connectivity index (χ1) is 20.9. The topological polar surface area (TPSA) is 116 Å². The van der Waals surface area contributed by atoms with Crippen molar-refractivity contribution in [2.75, 3.05) is 13.1 Å². The van der Waals surface area contributed by atoms with Crippen LogP contribution in [0.1, 0.15) is 72.4 Å². The van der Waals surface area contributed by atoms with Crippen molar-refractivity contribution in [3.63, 3.8) is 0 Å². The van der Waals surface area contributed by atoms with Gasteiger partial charge in [-0.3, -0.25) is 14.5 Å². The van der Waals surface area contributed by atoms with Crippen LogP contribution in [-0.4, -0.2) is 67.1 Å². The molecule has 0 spiro atoms. The highest BCUT2D eigenvalue weighted by atomic mass is 35.5. The van der Waals surface area contributed by atoms with Crippen molar-refractivity contribution in [2.45, 2.75) is 69.6 Å². The largest absolute Gasteiger partial charge is 0.393 e. The molecule has 1 saturated carbocycles. The van der Waals surface area contributed by atoms with Gasteiger partial charge in [0.1, 0.15) is 11.6 Å². The molecule has 3 aliphatic rings. The summed E-state index contributed by atoms with van der Waals surface area (Å²) in [5, 5.41) is 22.6. The minimum absolute atomic E-state index is 0.00567. The molecule has 3 heterocycles. The van der Waals surface area contributed by atoms with Crippen molar-refractivity contribution in [1.29, 1.82) is 0 Å². The first kappa shape index (κ1) is 30.9. The molecule has 12 heteroatoms. The third kappa shape index (κ3) is 5.37. The van der Waals surface area contributed by atoms with Crippen LogP contribution in [0, 0.1) is 11.7 Å². The van der Waals surface area contributed by atoms with E-state index in [-0.39, 0.29) is 40.9 Å². The van der Waals surface area contributed by atoms with Gasteiger partial charge in [-0.1, -0.05) is 35.3 Å². The second-order valence-corrected chi connectivity index (χ2v) is 12.9. The molecule has 44 heavy (non-hydrogen) atoms. The molecule has 2 N–H and O–H groups in total. The van der Waals surface area contributed by atoms with Crippen molar-refractivity contribution in [3.8, 4) is 0 Å². The molecule has 0 radical (unpaired) electrons. The highest BCUT2D eigenvalue weighted by Gasteiger charge is 2.57. The summed E-state index contributed by atoms with van der Waals surface area (Å²) in [5.74, 6) is -1.28. The summed E-state index contributed by atoms with van der Waals surface area (Å²) >= 11 is 12.2. The van der Waals surface area contributed by atoms with E-state index in [1.54, 1.807) is 42.2 Å². The molecule has 3 aromatic rings. The fourth-order valence-corrected chi connectivity index (χ4v) is 6.84. The first-order valence-corrected chi connectivity index (χ1v) is 15.4. The Morgan fingerprint density at radius 1 is 1.11 bits per heavy atom. The third-order valence-electron chi connectivity index (χ3n) is 9.22. The van der Waals surface area contributed by atoms with Crippen LogP contribution in [0.15, 0.2) is 48.8 Å². The summed E-state index contributed by atoms with van der Waals surface area (Å²) in [6.45, 7) is 3.97. The SMILES string of the molecule is CC(=O)N1CCC(C(C)(O)c2cc(F)c3c(c2)C(=O)N(Cc2ncc(Cl)cn2)[C@@]3(O[C@H]2C[C@@H](O)C2)c2ccc(Cl)cc2)CC1. The zero-order valence-electron chi connectivity index (χ0n) is 24.3. The zero-order valence-corrected chi connectivity index (χ0v) is 25.9. The summed E-state index contributed by atoms with van der Waals surface area (Å²) < 4.78 is 23.4. The quantitative estimate of drug-likeness (QED) is 0.381. The van der Waals surface area contributed by atoms with Crippen LogP contribution in [0.5, 0.6) is 0 Å². The Balaban J connectivity index is 1.48. The van der Waals surface area contributed by atoms with Gasteiger partial charge in [0.15, 0.2) is 0 Å². The standard InChI is InChI=1S/C32H33Cl2FN4O5/c1-18(40)38-9-7-19(8-10-38)31(2,43)21-11-26-29(27(35)12-21)32(44-25-13-24(41)14-25,20-3-5-22(33)6-4-20)39(30(26)42)17-28-36-15-23(34)16-37-28/h3-6,11-12,15-16,19,24-25,41,43H,7-10,13-14,17H2,1-2H3/t24-,25+,31?,32-/m1/s1. The number of likely N-dealkylation sites (tertiary alicyclic amines) is 1. The molecule has 2 aliphatic heterocycles. The maximum Gasteiger partial charge on any atom is 0.257 e. The van der Waals surface area contributed by atoms with Crippen LogP contribution < -0.4 is 0 Å². The van der Waals surface area contributed by atoms with Crippen LogP contribution in [0.3, 0.4) is 0 Å². The number of nitrogens with zero attached hydrogens (tertiary/aromatic N) is 4. The Hall–Kier alpha value is -3.15. The lowest BCUT2D eigenvalue weighted by Crippen LogP contribution is -2.51. The average Bonchev–Trinajstić information content (AvgIpc) is 3.21. The number of ether oxygens (including phenoxy) is 1. The van der Waals surface area contributed by atoms with Gasteiger partial charge in [-0.2, -0.15) is 0 Å². The predicted molar refractivity (Wildman–Crippen MR) is 160 cm³/mol. The lowest BCUT2D eigenvalue weighted by atomic mass is 9.76. The molecule has 1 unspecified atom stereocenters. The van der Waals surface area contributed by atoms with Gasteiger partial charge >= 0.3 is 0 Å². The fourth-order valence-electron chi connectivity index (χ4n) is 6.61. The van der Waals surface area contributed by atoms with Gasteiger partial charge < -0.3 is 19.8 Å². The molecule has 1 aromatic heterocycles. The van der Waals surface area contributed by atoms with Gasteiger partial charge in [0.05, 0.1) is 40.5 Å². The van der Waals surface area contributed by atoms with E-state index < -0.39 is 35.3 Å². The average molecular weight is 644 g/mol. The van der Waals surface area contributed by atoms with Crippen LogP contribution in [0.25, 0.3) is 0 Å². The van der Waals surface area contributed by atoms with E-state index in [9.17, 15) is 19.8 Å². The number of carbonyl (C=O) groups is 2. The molecular formula is C32H33Cl2FN4O5. The molecular weight excluding hydrogens is 610 g/mol. The Kier molecular flexibility index (Phi) is 8.17. The van der Waals surface area contributed by atoms with Gasteiger partial charge in [-0.15, -0.1) is 0 Å². The molecule has 2 atom stereocenters. The number of carbonyl (C=O) groups excluding carboxylic acids is 2. The molecule has 2 fully saturated rings. The first-order valence-electron chi connectivity index (χ1n) is 14.6. The second-order valence-electron chi connectivity index (χ2n) is 12.0. The third-order valence-corrected chi connectivity index (χ3v) is 9.67. The summed E-state index contributed by atoms with van der Waals surface area (Å²) in [4.78, 5) is 37.9. The number of aliphatic hydroxyl groups is 2. The summed E-state index contributed by atoms with van der Waals surface area (Å²) in [6.07, 6.45) is 3.48. The minimum Gasteiger partial charge on any atom is -0.393 e. The van der Waals surface area contributed by atoms with Crippen LogP contribution in [-0.2, 0) is 27.4 Å². The molecule has 1 saturated heterocycles. The number of hydrogen-bond donors (Lipinski definition) is 2. The number of amides is 2. The Morgan fingerprint density at radius 3 is 2.34 bits per heavy atom. The van der Waals surface area contributed by atoms with Crippen molar-refractivity contribution in [3.05, 3.63) is 92.7 Å². The van der Waals surface area contributed by atoms with Crippen molar-refractivity contribution in [2.24, 2.45) is 5.92 Å². The fraction of sp³-hybridized carbons (Fsp3) is 0.438. The predicted octanol–water partition coefficient (Wildman–Crippen LogP) is 4.79. The Labute approximate surface area is 264 Å². The number of benzene rings is 2. The van der Waals surface area contributed by atoms with Gasteiger partial charge in [0.2, 0.25) is 11.6 Å². The lowest BCUT2D eigenvalue weighted by molar-refractivity contribution is -0.191.